The van der Waals surface area contributed by atoms with Crippen molar-refractivity contribution in [3.05, 3.63) is 33.1 Å². The van der Waals surface area contributed by atoms with E-state index in [1.54, 1.807) is 6.07 Å². The summed E-state index contributed by atoms with van der Waals surface area (Å²) in [7, 11) is 0. The van der Waals surface area contributed by atoms with E-state index >= 15 is 0 Å². The van der Waals surface area contributed by atoms with Crippen LogP contribution in [0.25, 0.3) is 0 Å². The van der Waals surface area contributed by atoms with Gasteiger partial charge in [-0.3, -0.25) is 0 Å². The van der Waals surface area contributed by atoms with Gasteiger partial charge in [-0.25, -0.2) is 4.39 Å². The Balaban J connectivity index is 3.25. The molecule has 1 rings (SSSR count). The molecule has 0 aliphatic heterocycles. The largest absolute Gasteiger partial charge is 0.207 e. The van der Waals surface area contributed by atoms with Gasteiger partial charge in [-0.05, 0) is 40.8 Å². The van der Waals surface area contributed by atoms with E-state index in [1.165, 1.54) is 12.1 Å². The number of benzene rings is 1. The molecular formula is C8H4FI. The van der Waals surface area contributed by atoms with Crippen molar-refractivity contribution in [2.45, 2.75) is 0 Å². The lowest BCUT2D eigenvalue weighted by Gasteiger charge is -1.93. The normalized spacial score (nSPS) is 8.90. The van der Waals surface area contributed by atoms with E-state index in [0.717, 1.165) is 3.57 Å². The summed E-state index contributed by atoms with van der Waals surface area (Å²) in [6.45, 7) is 0. The maximum absolute atomic E-state index is 12.4. The lowest BCUT2D eigenvalue weighted by atomic mass is 10.2. The van der Waals surface area contributed by atoms with Crippen molar-refractivity contribution in [2.75, 3.05) is 0 Å². The van der Waals surface area contributed by atoms with Crippen LogP contribution >= 0.6 is 22.6 Å². The highest BCUT2D eigenvalue weighted by Gasteiger charge is 1.96. The third kappa shape index (κ3) is 1.48. The Bertz CT molecular complexity index is 286. The first kappa shape index (κ1) is 7.55. The summed E-state index contributed by atoms with van der Waals surface area (Å²) in [5.74, 6) is 2.10. The van der Waals surface area contributed by atoms with E-state index in [-0.39, 0.29) is 5.82 Å². The standard InChI is InChI=1S/C8H4FI/c1-2-6-5-7(9)3-4-8(6)10/h1,3-5H. The molecule has 0 aromatic heterocycles. The molecule has 0 heterocycles. The van der Waals surface area contributed by atoms with Crippen molar-refractivity contribution in [2.24, 2.45) is 0 Å². The third-order valence-corrected chi connectivity index (χ3v) is 2.02. The Morgan fingerprint density at radius 2 is 2.20 bits per heavy atom. The van der Waals surface area contributed by atoms with Gasteiger partial charge in [-0.15, -0.1) is 6.42 Å². The fourth-order valence-electron chi connectivity index (χ4n) is 0.608. The first-order chi connectivity index (χ1) is 4.74. The smallest absolute Gasteiger partial charge is 0.124 e. The van der Waals surface area contributed by atoms with Crippen LogP contribution in [0, 0.1) is 21.7 Å². The zero-order chi connectivity index (χ0) is 7.56. The number of hydrogen-bond acceptors (Lipinski definition) is 0. The number of rotatable bonds is 0. The van der Waals surface area contributed by atoms with Gasteiger partial charge >= 0.3 is 0 Å². The van der Waals surface area contributed by atoms with Crippen molar-refractivity contribution in [3.8, 4) is 12.3 Å². The molecule has 0 spiro atoms. The van der Waals surface area contributed by atoms with Gasteiger partial charge in [0.15, 0.2) is 0 Å². The molecule has 0 atom stereocenters. The van der Waals surface area contributed by atoms with Crippen LogP contribution in [0.4, 0.5) is 4.39 Å². The molecule has 0 aliphatic rings. The molecule has 50 valence electrons. The summed E-state index contributed by atoms with van der Waals surface area (Å²) >= 11 is 2.07. The summed E-state index contributed by atoms with van der Waals surface area (Å²) in [6, 6.07) is 4.40. The second-order valence-corrected chi connectivity index (χ2v) is 2.93. The Kier molecular flexibility index (Phi) is 2.28. The summed E-state index contributed by atoms with van der Waals surface area (Å²) in [6.07, 6.45) is 5.10. The summed E-state index contributed by atoms with van der Waals surface area (Å²) < 4.78 is 13.3. The van der Waals surface area contributed by atoms with Crippen LogP contribution in [-0.2, 0) is 0 Å². The van der Waals surface area contributed by atoms with Crippen molar-refractivity contribution >= 4 is 22.6 Å². The summed E-state index contributed by atoms with van der Waals surface area (Å²) in [5.41, 5.74) is 0.612. The molecule has 0 fully saturated rings. The summed E-state index contributed by atoms with van der Waals surface area (Å²) in [4.78, 5) is 0. The fraction of sp³-hybridized carbons (Fsp3) is 0. The Hall–Kier alpha value is -0.560. The highest BCUT2D eigenvalue weighted by molar-refractivity contribution is 14.1. The van der Waals surface area contributed by atoms with Crippen molar-refractivity contribution in [1.29, 1.82) is 0 Å². The van der Waals surface area contributed by atoms with E-state index in [1.807, 2.05) is 0 Å². The topological polar surface area (TPSA) is 0 Å². The highest BCUT2D eigenvalue weighted by atomic mass is 127. The molecule has 0 unspecified atom stereocenters. The van der Waals surface area contributed by atoms with Gasteiger partial charge in [0.05, 0.1) is 0 Å². The van der Waals surface area contributed by atoms with Gasteiger partial charge in [-0.2, -0.15) is 0 Å². The Labute approximate surface area is 72.6 Å². The van der Waals surface area contributed by atoms with Gasteiger partial charge in [0.1, 0.15) is 5.82 Å². The molecule has 0 N–H and O–H groups in total. The highest BCUT2D eigenvalue weighted by Crippen LogP contribution is 2.11. The second kappa shape index (κ2) is 3.02. The van der Waals surface area contributed by atoms with E-state index < -0.39 is 0 Å². The Morgan fingerprint density at radius 3 is 2.70 bits per heavy atom. The third-order valence-electron chi connectivity index (χ3n) is 1.08. The maximum Gasteiger partial charge on any atom is 0.124 e. The van der Waals surface area contributed by atoms with E-state index in [9.17, 15) is 4.39 Å². The minimum absolute atomic E-state index is 0.284. The molecule has 1 aromatic rings. The fourth-order valence-corrected chi connectivity index (χ4v) is 1.10. The van der Waals surface area contributed by atoms with Gasteiger partial charge in [-0.1, -0.05) is 5.92 Å². The average Bonchev–Trinajstić information content (AvgIpc) is 1.94. The van der Waals surface area contributed by atoms with Gasteiger partial charge in [0.2, 0.25) is 0 Å². The average molecular weight is 246 g/mol. The van der Waals surface area contributed by atoms with Gasteiger partial charge < -0.3 is 0 Å². The van der Waals surface area contributed by atoms with Crippen LogP contribution in [0.2, 0.25) is 0 Å². The first-order valence-electron chi connectivity index (χ1n) is 2.65. The van der Waals surface area contributed by atoms with Crippen LogP contribution in [0.1, 0.15) is 5.56 Å². The van der Waals surface area contributed by atoms with E-state index in [4.69, 9.17) is 6.42 Å². The molecule has 0 nitrogen and oxygen atoms in total. The van der Waals surface area contributed by atoms with Crippen molar-refractivity contribution in [1.82, 2.24) is 0 Å². The molecule has 0 radical (unpaired) electrons. The lowest BCUT2D eigenvalue weighted by molar-refractivity contribution is 0.627. The maximum atomic E-state index is 12.4. The molecule has 1 aromatic carbocycles. The number of hydrogen-bond donors (Lipinski definition) is 0. The molecule has 0 aliphatic carbocycles. The summed E-state index contributed by atoms with van der Waals surface area (Å²) in [5, 5.41) is 0. The molecule has 0 bridgehead atoms. The predicted molar refractivity (Wildman–Crippen MR) is 47.1 cm³/mol. The molecule has 0 saturated carbocycles. The molecular weight excluding hydrogens is 242 g/mol. The SMILES string of the molecule is C#Cc1cc(F)ccc1I. The molecule has 0 saturated heterocycles. The van der Waals surface area contributed by atoms with Crippen LogP contribution in [0.3, 0.4) is 0 Å². The first-order valence-corrected chi connectivity index (χ1v) is 3.73. The van der Waals surface area contributed by atoms with Crippen LogP contribution in [0.15, 0.2) is 18.2 Å². The zero-order valence-corrected chi connectivity index (χ0v) is 7.22. The monoisotopic (exact) mass is 246 g/mol. The molecule has 2 heteroatoms. The number of halogens is 2. The second-order valence-electron chi connectivity index (χ2n) is 1.77. The predicted octanol–water partition coefficient (Wildman–Crippen LogP) is 2.41. The zero-order valence-electron chi connectivity index (χ0n) is 5.07. The Morgan fingerprint density at radius 1 is 1.50 bits per heavy atom. The van der Waals surface area contributed by atoms with Crippen LogP contribution < -0.4 is 0 Å². The van der Waals surface area contributed by atoms with Crippen molar-refractivity contribution in [3.63, 3.8) is 0 Å². The molecule has 0 amide bonds. The van der Waals surface area contributed by atoms with E-state index in [2.05, 4.69) is 28.5 Å². The van der Waals surface area contributed by atoms with Gasteiger partial charge in [0, 0.05) is 9.13 Å². The van der Waals surface area contributed by atoms with Crippen LogP contribution in [-0.4, -0.2) is 0 Å². The van der Waals surface area contributed by atoms with Gasteiger partial charge in [0.25, 0.3) is 0 Å². The minimum atomic E-state index is -0.284. The van der Waals surface area contributed by atoms with E-state index in [0.29, 0.717) is 5.56 Å². The molecule has 10 heavy (non-hydrogen) atoms. The minimum Gasteiger partial charge on any atom is -0.207 e. The quantitative estimate of drug-likeness (QED) is 0.487. The number of terminal acetylenes is 1. The van der Waals surface area contributed by atoms with Crippen LogP contribution in [0.5, 0.6) is 0 Å². The lowest BCUT2D eigenvalue weighted by Crippen LogP contribution is -1.82. The van der Waals surface area contributed by atoms with Crippen molar-refractivity contribution < 1.29 is 4.39 Å².